The fourth-order valence-corrected chi connectivity index (χ4v) is 3.14. The second kappa shape index (κ2) is 5.05. The average Bonchev–Trinajstić information content (AvgIpc) is 2.79. The number of rotatable bonds is 1. The molecule has 2 heterocycles. The van der Waals surface area contributed by atoms with Crippen molar-refractivity contribution in [2.24, 2.45) is 0 Å². The number of piperazine rings is 1. The highest BCUT2D eigenvalue weighted by Gasteiger charge is 2.37. The first-order valence-corrected chi connectivity index (χ1v) is 7.14. The van der Waals surface area contributed by atoms with Gasteiger partial charge in [0, 0.05) is 30.7 Å². The van der Waals surface area contributed by atoms with E-state index >= 15 is 0 Å². The maximum Gasteiger partial charge on any atom is 0.317 e. The van der Waals surface area contributed by atoms with Gasteiger partial charge in [-0.25, -0.2) is 9.18 Å². The summed E-state index contributed by atoms with van der Waals surface area (Å²) >= 11 is 3.22. The molecule has 5 nitrogen and oxygen atoms in total. The summed E-state index contributed by atoms with van der Waals surface area (Å²) in [5.74, 6) is -0.528. The van der Waals surface area contributed by atoms with Gasteiger partial charge >= 0.3 is 6.03 Å². The summed E-state index contributed by atoms with van der Waals surface area (Å²) in [4.78, 5) is 27.4. The van der Waals surface area contributed by atoms with Crippen molar-refractivity contribution in [2.45, 2.75) is 6.04 Å². The molecule has 1 N–H and O–H groups in total. The second-order valence-corrected chi connectivity index (χ2v) is 5.76. The molecule has 1 aromatic rings. The van der Waals surface area contributed by atoms with Gasteiger partial charge in [0.05, 0.1) is 11.6 Å². The topological polar surface area (TPSA) is 52.7 Å². The van der Waals surface area contributed by atoms with Crippen molar-refractivity contribution in [1.29, 1.82) is 0 Å². The van der Waals surface area contributed by atoms with Crippen molar-refractivity contribution in [3.05, 3.63) is 34.1 Å². The predicted octanol–water partition coefficient (Wildman–Crippen LogP) is 1.44. The van der Waals surface area contributed by atoms with Crippen molar-refractivity contribution in [3.8, 4) is 0 Å². The van der Waals surface area contributed by atoms with Crippen LogP contribution in [0.25, 0.3) is 0 Å². The Morgan fingerprint density at radius 3 is 2.95 bits per heavy atom. The molecule has 0 aromatic heterocycles. The maximum atomic E-state index is 13.1. The summed E-state index contributed by atoms with van der Waals surface area (Å²) in [6, 6.07) is 4.00. The lowest BCUT2D eigenvalue weighted by atomic mass is 10.1. The van der Waals surface area contributed by atoms with Crippen molar-refractivity contribution in [2.75, 3.05) is 26.2 Å². The number of hydrogen-bond acceptors (Lipinski definition) is 2. The van der Waals surface area contributed by atoms with E-state index in [2.05, 4.69) is 21.2 Å². The highest BCUT2D eigenvalue weighted by Crippen LogP contribution is 2.22. The van der Waals surface area contributed by atoms with E-state index in [0.717, 1.165) is 0 Å². The monoisotopic (exact) mass is 341 g/mol. The summed E-state index contributed by atoms with van der Waals surface area (Å²) in [6.07, 6.45) is 0. The molecule has 20 heavy (non-hydrogen) atoms. The highest BCUT2D eigenvalue weighted by molar-refractivity contribution is 9.10. The molecule has 106 valence electrons. The Balaban J connectivity index is 1.77. The smallest absolute Gasteiger partial charge is 0.317 e. The van der Waals surface area contributed by atoms with Crippen LogP contribution in [0.15, 0.2) is 22.7 Å². The zero-order valence-corrected chi connectivity index (χ0v) is 12.2. The highest BCUT2D eigenvalue weighted by atomic mass is 79.9. The van der Waals surface area contributed by atoms with E-state index in [0.29, 0.717) is 36.2 Å². The maximum absolute atomic E-state index is 13.1. The quantitative estimate of drug-likeness (QED) is 0.840. The summed E-state index contributed by atoms with van der Waals surface area (Å²) < 4.78 is 13.5. The van der Waals surface area contributed by atoms with Gasteiger partial charge in [-0.15, -0.1) is 0 Å². The molecular weight excluding hydrogens is 329 g/mol. The molecule has 0 radical (unpaired) electrons. The molecule has 7 heteroatoms. The molecule has 3 amide bonds. The van der Waals surface area contributed by atoms with Crippen LogP contribution in [-0.4, -0.2) is 54.0 Å². The minimum atomic E-state index is -0.385. The number of nitrogens with one attached hydrogen (secondary N) is 1. The lowest BCUT2D eigenvalue weighted by molar-refractivity contribution is 0.0616. The molecule has 1 unspecified atom stereocenters. The van der Waals surface area contributed by atoms with Crippen LogP contribution in [0.1, 0.15) is 10.4 Å². The Morgan fingerprint density at radius 1 is 1.40 bits per heavy atom. The van der Waals surface area contributed by atoms with Crippen LogP contribution in [0.3, 0.4) is 0 Å². The Morgan fingerprint density at radius 2 is 2.20 bits per heavy atom. The molecule has 2 aliphatic heterocycles. The molecule has 0 spiro atoms. The van der Waals surface area contributed by atoms with Gasteiger partial charge in [-0.1, -0.05) is 0 Å². The standard InChI is InChI=1S/C13H13BrFN3O2/c14-11-5-8(15)1-2-10(11)12(19)17-3-4-18-9(7-17)6-16-13(18)20/h1-2,5,9H,3-4,6-7H2,(H,16,20). The normalized spacial score (nSPS) is 21.7. The first-order chi connectivity index (χ1) is 9.56. The van der Waals surface area contributed by atoms with Crippen LogP contribution < -0.4 is 5.32 Å². The number of hydrogen-bond donors (Lipinski definition) is 1. The molecule has 3 rings (SSSR count). The number of amides is 3. The lowest BCUT2D eigenvalue weighted by Crippen LogP contribution is -2.53. The number of benzene rings is 1. The minimum absolute atomic E-state index is 0.0272. The lowest BCUT2D eigenvalue weighted by Gasteiger charge is -2.36. The van der Waals surface area contributed by atoms with E-state index in [4.69, 9.17) is 0 Å². The summed E-state index contributed by atoms with van der Waals surface area (Å²) in [5.41, 5.74) is 0.442. The van der Waals surface area contributed by atoms with Crippen LogP contribution in [0.4, 0.5) is 9.18 Å². The van der Waals surface area contributed by atoms with Gasteiger partial charge in [0.25, 0.3) is 5.91 Å². The van der Waals surface area contributed by atoms with Gasteiger partial charge in [0.15, 0.2) is 0 Å². The van der Waals surface area contributed by atoms with Crippen LogP contribution in [-0.2, 0) is 0 Å². The predicted molar refractivity (Wildman–Crippen MR) is 73.9 cm³/mol. The zero-order valence-electron chi connectivity index (χ0n) is 10.6. The van der Waals surface area contributed by atoms with Crippen LogP contribution in [0, 0.1) is 5.82 Å². The van der Waals surface area contributed by atoms with Crippen molar-refractivity contribution >= 4 is 27.9 Å². The number of fused-ring (bicyclic) bond motifs is 1. The molecular formula is C13H13BrFN3O2. The third-order valence-electron chi connectivity index (χ3n) is 3.68. The van der Waals surface area contributed by atoms with Gasteiger partial charge in [0.1, 0.15) is 5.82 Å². The molecule has 1 atom stereocenters. The molecule has 1 aromatic carbocycles. The first kappa shape index (κ1) is 13.4. The number of halogens is 2. The van der Waals surface area contributed by atoms with Crippen molar-refractivity contribution in [3.63, 3.8) is 0 Å². The van der Waals surface area contributed by atoms with Gasteiger partial charge in [-0.3, -0.25) is 4.79 Å². The van der Waals surface area contributed by atoms with Crippen LogP contribution >= 0.6 is 15.9 Å². The number of urea groups is 1. The van der Waals surface area contributed by atoms with Gasteiger partial charge in [-0.2, -0.15) is 0 Å². The van der Waals surface area contributed by atoms with Crippen molar-refractivity contribution < 1.29 is 14.0 Å². The second-order valence-electron chi connectivity index (χ2n) is 4.91. The van der Waals surface area contributed by atoms with E-state index in [9.17, 15) is 14.0 Å². The molecule has 2 fully saturated rings. The molecule has 0 aliphatic carbocycles. The van der Waals surface area contributed by atoms with Crippen molar-refractivity contribution in [1.82, 2.24) is 15.1 Å². The average molecular weight is 342 g/mol. The summed E-state index contributed by atoms with van der Waals surface area (Å²) in [6.45, 7) is 2.09. The number of carbonyl (C=O) groups is 2. The Hall–Kier alpha value is -1.63. The van der Waals surface area contributed by atoms with Gasteiger partial charge in [-0.05, 0) is 34.1 Å². The third-order valence-corrected chi connectivity index (χ3v) is 4.34. The van der Waals surface area contributed by atoms with E-state index in [1.54, 1.807) is 9.80 Å². The summed E-state index contributed by atoms with van der Waals surface area (Å²) in [5, 5.41) is 2.77. The largest absolute Gasteiger partial charge is 0.336 e. The van der Waals surface area contributed by atoms with Crippen LogP contribution in [0.2, 0.25) is 0 Å². The fourth-order valence-electron chi connectivity index (χ4n) is 2.62. The zero-order chi connectivity index (χ0) is 14.3. The number of carbonyl (C=O) groups excluding carboxylic acids is 2. The fraction of sp³-hybridized carbons (Fsp3) is 0.385. The van der Waals surface area contributed by atoms with Gasteiger partial charge in [0.2, 0.25) is 0 Å². The minimum Gasteiger partial charge on any atom is -0.336 e. The molecule has 0 saturated carbocycles. The molecule has 2 aliphatic rings. The summed E-state index contributed by atoms with van der Waals surface area (Å²) in [7, 11) is 0. The van der Waals surface area contributed by atoms with E-state index < -0.39 is 0 Å². The Labute approximate surface area is 123 Å². The first-order valence-electron chi connectivity index (χ1n) is 6.35. The van der Waals surface area contributed by atoms with Crippen LogP contribution in [0.5, 0.6) is 0 Å². The Bertz CT molecular complexity index is 581. The third kappa shape index (κ3) is 2.26. The van der Waals surface area contributed by atoms with E-state index in [-0.39, 0.29) is 23.8 Å². The van der Waals surface area contributed by atoms with E-state index in [1.165, 1.54) is 18.2 Å². The van der Waals surface area contributed by atoms with Gasteiger partial charge < -0.3 is 15.1 Å². The number of nitrogens with zero attached hydrogens (tertiary/aromatic N) is 2. The molecule has 0 bridgehead atoms. The van der Waals surface area contributed by atoms with E-state index in [1.807, 2.05) is 0 Å². The Kier molecular flexibility index (Phi) is 3.37. The SMILES string of the molecule is O=C(c1ccc(F)cc1Br)N1CCN2C(=O)NCC2C1. The molecule has 2 saturated heterocycles.